The van der Waals surface area contributed by atoms with Gasteiger partial charge in [-0.25, -0.2) is 0 Å². The maximum atomic E-state index is 5.61. The van der Waals surface area contributed by atoms with Gasteiger partial charge in [-0.15, -0.1) is 0 Å². The minimum Gasteiger partial charge on any atom is -0.370 e. The SMILES string of the molecule is S=c1[nH]nc([C@H]2CCCO2)n1/N=C\c1ccccn1. The number of nitrogens with one attached hydrogen (secondary N) is 1. The van der Waals surface area contributed by atoms with Gasteiger partial charge in [-0.2, -0.15) is 14.9 Å². The summed E-state index contributed by atoms with van der Waals surface area (Å²) in [5.41, 5.74) is 0.767. The first kappa shape index (κ1) is 12.2. The van der Waals surface area contributed by atoms with Crippen LogP contribution in [0.4, 0.5) is 0 Å². The van der Waals surface area contributed by atoms with Crippen molar-refractivity contribution in [2.45, 2.75) is 18.9 Å². The molecule has 0 aromatic carbocycles. The summed E-state index contributed by atoms with van der Waals surface area (Å²) in [6.07, 6.45) is 5.32. The number of hydrogen-bond donors (Lipinski definition) is 1. The van der Waals surface area contributed by atoms with Crippen LogP contribution in [0.25, 0.3) is 0 Å². The van der Waals surface area contributed by atoms with Crippen LogP contribution in [-0.2, 0) is 4.74 Å². The number of ether oxygens (including phenoxy) is 1. The summed E-state index contributed by atoms with van der Waals surface area (Å²) >= 11 is 5.18. The highest BCUT2D eigenvalue weighted by molar-refractivity contribution is 7.71. The number of aromatic amines is 1. The average molecular weight is 275 g/mol. The summed E-state index contributed by atoms with van der Waals surface area (Å²) in [7, 11) is 0. The normalized spacial score (nSPS) is 19.3. The molecule has 1 N–H and O–H groups in total. The third kappa shape index (κ3) is 2.61. The Morgan fingerprint density at radius 3 is 3.21 bits per heavy atom. The Morgan fingerprint density at radius 2 is 2.47 bits per heavy atom. The topological polar surface area (TPSA) is 68.1 Å². The van der Waals surface area contributed by atoms with Crippen LogP contribution in [0.2, 0.25) is 0 Å². The van der Waals surface area contributed by atoms with Crippen molar-refractivity contribution in [1.29, 1.82) is 0 Å². The van der Waals surface area contributed by atoms with Crippen LogP contribution in [0.5, 0.6) is 0 Å². The Bertz CT molecular complexity index is 627. The molecule has 0 amide bonds. The average Bonchev–Trinajstić information content (AvgIpc) is 3.07. The number of H-pyrrole nitrogens is 1. The third-order valence-electron chi connectivity index (χ3n) is 2.89. The van der Waals surface area contributed by atoms with E-state index in [0.717, 1.165) is 31.0 Å². The first-order chi connectivity index (χ1) is 9.34. The molecule has 2 aromatic heterocycles. The summed E-state index contributed by atoms with van der Waals surface area (Å²) in [6, 6.07) is 5.64. The van der Waals surface area contributed by atoms with E-state index in [2.05, 4.69) is 20.3 Å². The van der Waals surface area contributed by atoms with Gasteiger partial charge >= 0.3 is 0 Å². The number of hydrogen-bond acceptors (Lipinski definition) is 5. The second kappa shape index (κ2) is 5.41. The van der Waals surface area contributed by atoms with Gasteiger partial charge in [0.15, 0.2) is 5.82 Å². The fourth-order valence-corrected chi connectivity index (χ4v) is 2.16. The molecule has 1 atom stereocenters. The fraction of sp³-hybridized carbons (Fsp3) is 0.333. The quantitative estimate of drug-likeness (QED) is 0.688. The van der Waals surface area contributed by atoms with Crippen LogP contribution in [0.15, 0.2) is 29.5 Å². The summed E-state index contributed by atoms with van der Waals surface area (Å²) in [6.45, 7) is 0.758. The molecular weight excluding hydrogens is 262 g/mol. The fourth-order valence-electron chi connectivity index (χ4n) is 1.97. The highest BCUT2D eigenvalue weighted by atomic mass is 32.1. The molecule has 1 fully saturated rings. The lowest BCUT2D eigenvalue weighted by atomic mass is 10.2. The minimum atomic E-state index is -0.0335. The number of pyridine rings is 1. The first-order valence-electron chi connectivity index (χ1n) is 6.09. The van der Waals surface area contributed by atoms with Gasteiger partial charge in [-0.3, -0.25) is 10.1 Å². The van der Waals surface area contributed by atoms with E-state index in [1.807, 2.05) is 18.2 Å². The highest BCUT2D eigenvalue weighted by Gasteiger charge is 2.23. The Morgan fingerprint density at radius 1 is 1.53 bits per heavy atom. The second-order valence-electron chi connectivity index (χ2n) is 4.20. The second-order valence-corrected chi connectivity index (χ2v) is 4.59. The van der Waals surface area contributed by atoms with Crippen molar-refractivity contribution in [1.82, 2.24) is 19.9 Å². The van der Waals surface area contributed by atoms with E-state index in [9.17, 15) is 0 Å². The molecule has 3 heterocycles. The monoisotopic (exact) mass is 275 g/mol. The van der Waals surface area contributed by atoms with Crippen molar-refractivity contribution < 1.29 is 4.74 Å². The van der Waals surface area contributed by atoms with Gasteiger partial charge in [0.2, 0.25) is 4.77 Å². The van der Waals surface area contributed by atoms with E-state index in [-0.39, 0.29) is 6.10 Å². The molecule has 0 unspecified atom stereocenters. The Kier molecular flexibility index (Phi) is 3.47. The molecule has 0 radical (unpaired) electrons. The maximum Gasteiger partial charge on any atom is 0.216 e. The van der Waals surface area contributed by atoms with Crippen LogP contribution < -0.4 is 0 Å². The lowest BCUT2D eigenvalue weighted by Crippen LogP contribution is -2.05. The van der Waals surface area contributed by atoms with Crippen LogP contribution in [-0.4, -0.2) is 32.7 Å². The van der Waals surface area contributed by atoms with Crippen molar-refractivity contribution >= 4 is 18.4 Å². The highest BCUT2D eigenvalue weighted by Crippen LogP contribution is 2.26. The van der Waals surface area contributed by atoms with Gasteiger partial charge in [-0.1, -0.05) is 6.07 Å². The van der Waals surface area contributed by atoms with E-state index in [1.54, 1.807) is 17.1 Å². The zero-order chi connectivity index (χ0) is 13.1. The van der Waals surface area contributed by atoms with E-state index < -0.39 is 0 Å². The van der Waals surface area contributed by atoms with Gasteiger partial charge in [0.05, 0.1) is 11.9 Å². The van der Waals surface area contributed by atoms with Gasteiger partial charge in [-0.05, 0) is 37.2 Å². The van der Waals surface area contributed by atoms with Crippen LogP contribution in [0, 0.1) is 4.77 Å². The standard InChI is InChI=1S/C12H13N5OS/c19-12-16-15-11(10-5-3-7-18-10)17(12)14-8-9-4-1-2-6-13-9/h1-2,4,6,8,10H,3,5,7H2,(H,16,19)/b14-8-/t10-/m1/s1. The van der Waals surface area contributed by atoms with Crippen molar-refractivity contribution in [3.8, 4) is 0 Å². The van der Waals surface area contributed by atoms with Gasteiger partial charge in [0.25, 0.3) is 0 Å². The molecule has 7 heteroatoms. The molecule has 3 rings (SSSR count). The van der Waals surface area contributed by atoms with E-state index in [1.165, 1.54) is 0 Å². The van der Waals surface area contributed by atoms with Crippen LogP contribution >= 0.6 is 12.2 Å². The molecule has 0 spiro atoms. The van der Waals surface area contributed by atoms with Crippen molar-refractivity contribution in [3.05, 3.63) is 40.7 Å². The molecule has 2 aromatic rings. The van der Waals surface area contributed by atoms with E-state index in [0.29, 0.717) is 4.77 Å². The summed E-state index contributed by atoms with van der Waals surface area (Å²) < 4.78 is 7.66. The molecule has 0 bridgehead atoms. The zero-order valence-corrected chi connectivity index (χ0v) is 11.0. The lowest BCUT2D eigenvalue weighted by molar-refractivity contribution is 0.102. The van der Waals surface area contributed by atoms with Gasteiger partial charge in [0.1, 0.15) is 6.10 Å². The molecule has 19 heavy (non-hydrogen) atoms. The first-order valence-corrected chi connectivity index (χ1v) is 6.50. The van der Waals surface area contributed by atoms with Crippen LogP contribution in [0.3, 0.4) is 0 Å². The Labute approximate surface area is 115 Å². The van der Waals surface area contributed by atoms with Crippen molar-refractivity contribution in [3.63, 3.8) is 0 Å². The largest absolute Gasteiger partial charge is 0.370 e. The maximum absolute atomic E-state index is 5.61. The summed E-state index contributed by atoms with van der Waals surface area (Å²) in [5, 5.41) is 11.3. The molecule has 1 aliphatic rings. The molecule has 1 saturated heterocycles. The number of nitrogens with zero attached hydrogens (tertiary/aromatic N) is 4. The van der Waals surface area contributed by atoms with E-state index >= 15 is 0 Å². The summed E-state index contributed by atoms with van der Waals surface area (Å²) in [5.74, 6) is 0.717. The molecule has 98 valence electrons. The number of rotatable bonds is 3. The predicted octanol–water partition coefficient (Wildman–Crippen LogP) is 2.07. The molecule has 0 aliphatic carbocycles. The van der Waals surface area contributed by atoms with E-state index in [4.69, 9.17) is 17.0 Å². The molecule has 0 saturated carbocycles. The number of aromatic nitrogens is 4. The lowest BCUT2D eigenvalue weighted by Gasteiger charge is -2.07. The molecule has 1 aliphatic heterocycles. The zero-order valence-electron chi connectivity index (χ0n) is 10.2. The molecular formula is C12H13N5OS. The Hall–Kier alpha value is -1.86. The van der Waals surface area contributed by atoms with Crippen molar-refractivity contribution in [2.75, 3.05) is 6.61 Å². The van der Waals surface area contributed by atoms with Crippen LogP contribution in [0.1, 0.15) is 30.5 Å². The van der Waals surface area contributed by atoms with Gasteiger partial charge < -0.3 is 4.74 Å². The third-order valence-corrected chi connectivity index (χ3v) is 3.15. The molecule has 6 nitrogen and oxygen atoms in total. The summed E-state index contributed by atoms with van der Waals surface area (Å²) in [4.78, 5) is 4.18. The predicted molar refractivity (Wildman–Crippen MR) is 72.6 cm³/mol. The smallest absolute Gasteiger partial charge is 0.216 e. The Balaban J connectivity index is 1.90. The minimum absolute atomic E-state index is 0.0335. The van der Waals surface area contributed by atoms with Gasteiger partial charge in [0, 0.05) is 12.8 Å². The van der Waals surface area contributed by atoms with Crippen molar-refractivity contribution in [2.24, 2.45) is 5.10 Å².